The Morgan fingerprint density at radius 1 is 1.03 bits per heavy atom. The van der Waals surface area contributed by atoms with Gasteiger partial charge in [0.1, 0.15) is 11.6 Å². The van der Waals surface area contributed by atoms with E-state index >= 15 is 0 Å². The molecule has 35 heavy (non-hydrogen) atoms. The molecule has 2 amide bonds. The van der Waals surface area contributed by atoms with Crippen molar-refractivity contribution in [2.45, 2.75) is 56.5 Å². The second-order valence-electron chi connectivity index (χ2n) is 9.89. The Morgan fingerprint density at radius 2 is 1.83 bits per heavy atom. The summed E-state index contributed by atoms with van der Waals surface area (Å²) in [7, 11) is 0. The molecular weight excluding hydrogens is 448 g/mol. The van der Waals surface area contributed by atoms with Crippen LogP contribution in [-0.4, -0.2) is 59.3 Å². The molecule has 0 spiro atoms. The van der Waals surface area contributed by atoms with Gasteiger partial charge in [0, 0.05) is 37.2 Å². The van der Waals surface area contributed by atoms with E-state index in [1.165, 1.54) is 29.5 Å². The molecule has 7 heteroatoms. The van der Waals surface area contributed by atoms with Gasteiger partial charge in [0.2, 0.25) is 0 Å². The summed E-state index contributed by atoms with van der Waals surface area (Å²) >= 11 is 0. The molecule has 0 radical (unpaired) electrons. The van der Waals surface area contributed by atoms with Gasteiger partial charge in [-0.3, -0.25) is 4.90 Å². The minimum absolute atomic E-state index is 0.0171. The third kappa shape index (κ3) is 4.98. The standard InChI is InChI=1S/C28H33F2N3O2/c29-22-12-13-23(30)24(16-22)31-28(35)32-14-4-5-15-33-25(17-32)27(26(33)18-34)21-10-8-20(9-11-21)19-6-2-1-3-7-19/h6,8-13,16,25-27,34H,1-5,7,14-15,17-18H2,(H,31,35)/t25-,26-,27-/m1/s1. The fourth-order valence-electron chi connectivity index (χ4n) is 5.93. The first-order chi connectivity index (χ1) is 17.0. The number of anilines is 1. The average Bonchev–Trinajstić information content (AvgIpc) is 2.86. The summed E-state index contributed by atoms with van der Waals surface area (Å²) in [6.07, 6.45) is 8.81. The van der Waals surface area contributed by atoms with Crippen LogP contribution in [0.1, 0.15) is 55.6 Å². The molecule has 2 aromatic carbocycles. The Labute approximate surface area is 205 Å². The normalized spacial score (nSPS) is 25.1. The molecule has 3 atom stereocenters. The Hall–Kier alpha value is -2.77. The summed E-state index contributed by atoms with van der Waals surface area (Å²) in [6, 6.07) is 11.4. The predicted molar refractivity (Wildman–Crippen MR) is 133 cm³/mol. The zero-order valence-electron chi connectivity index (χ0n) is 19.9. The summed E-state index contributed by atoms with van der Waals surface area (Å²) in [5.74, 6) is -1.16. The van der Waals surface area contributed by atoms with Crippen LogP contribution < -0.4 is 5.32 Å². The van der Waals surface area contributed by atoms with Gasteiger partial charge in [-0.05, 0) is 73.9 Å². The molecule has 0 unspecified atom stereocenters. The second-order valence-corrected chi connectivity index (χ2v) is 9.89. The van der Waals surface area contributed by atoms with Gasteiger partial charge < -0.3 is 15.3 Å². The fourth-order valence-corrected chi connectivity index (χ4v) is 5.93. The lowest BCUT2D eigenvalue weighted by Gasteiger charge is -2.57. The van der Waals surface area contributed by atoms with Crippen molar-refractivity contribution >= 4 is 17.3 Å². The first kappa shape index (κ1) is 23.9. The molecule has 2 aromatic rings. The van der Waals surface area contributed by atoms with E-state index in [2.05, 4.69) is 40.6 Å². The number of nitrogens with zero attached hydrogens (tertiary/aromatic N) is 2. The maximum Gasteiger partial charge on any atom is 0.321 e. The van der Waals surface area contributed by atoms with Crippen LogP contribution in [0, 0.1) is 11.6 Å². The number of hydrogen-bond acceptors (Lipinski definition) is 3. The highest BCUT2D eigenvalue weighted by Gasteiger charge is 2.49. The summed E-state index contributed by atoms with van der Waals surface area (Å²) < 4.78 is 27.7. The van der Waals surface area contributed by atoms with E-state index in [4.69, 9.17) is 0 Å². The van der Waals surface area contributed by atoms with Crippen LogP contribution in [0.15, 0.2) is 48.5 Å². The number of carbonyl (C=O) groups is 1. The predicted octanol–water partition coefficient (Wildman–Crippen LogP) is 5.38. The average molecular weight is 482 g/mol. The molecule has 0 saturated carbocycles. The minimum Gasteiger partial charge on any atom is -0.395 e. The number of halogens is 2. The summed E-state index contributed by atoms with van der Waals surface area (Å²) in [5.41, 5.74) is 3.69. The highest BCUT2D eigenvalue weighted by Crippen LogP contribution is 2.42. The molecule has 5 nitrogen and oxygen atoms in total. The van der Waals surface area contributed by atoms with Crippen LogP contribution in [0.5, 0.6) is 0 Å². The molecule has 2 fully saturated rings. The van der Waals surface area contributed by atoms with Crippen molar-refractivity contribution in [2.24, 2.45) is 0 Å². The Morgan fingerprint density at radius 3 is 2.57 bits per heavy atom. The number of nitrogens with one attached hydrogen (secondary N) is 1. The SMILES string of the molecule is O=C(Nc1cc(F)ccc1F)N1CCCCN2[C@H](CO)[C@H](c3ccc(C4=CCCCC4)cc3)[C@H]2C1. The summed E-state index contributed by atoms with van der Waals surface area (Å²) in [5, 5.41) is 12.7. The van der Waals surface area contributed by atoms with Crippen LogP contribution in [0.4, 0.5) is 19.3 Å². The van der Waals surface area contributed by atoms with E-state index in [1.807, 2.05) is 0 Å². The van der Waals surface area contributed by atoms with Crippen molar-refractivity contribution in [3.63, 3.8) is 0 Å². The number of fused-ring (bicyclic) bond motifs is 1. The number of aliphatic hydroxyl groups is 1. The number of amides is 2. The largest absolute Gasteiger partial charge is 0.395 e. The van der Waals surface area contributed by atoms with E-state index in [9.17, 15) is 18.7 Å². The van der Waals surface area contributed by atoms with Gasteiger partial charge in [0.05, 0.1) is 12.3 Å². The molecule has 186 valence electrons. The molecular formula is C28H33F2N3O2. The Balaban J connectivity index is 1.34. The van der Waals surface area contributed by atoms with Crippen molar-refractivity contribution in [1.29, 1.82) is 0 Å². The second kappa shape index (κ2) is 10.5. The highest BCUT2D eigenvalue weighted by molar-refractivity contribution is 5.89. The molecule has 5 rings (SSSR count). The van der Waals surface area contributed by atoms with Crippen molar-refractivity contribution in [3.05, 3.63) is 71.3 Å². The Kier molecular flexibility index (Phi) is 7.16. The van der Waals surface area contributed by atoms with Crippen molar-refractivity contribution in [3.8, 4) is 0 Å². The van der Waals surface area contributed by atoms with E-state index in [0.29, 0.717) is 13.1 Å². The zero-order valence-corrected chi connectivity index (χ0v) is 19.9. The minimum atomic E-state index is -0.663. The van der Waals surface area contributed by atoms with Gasteiger partial charge >= 0.3 is 6.03 Å². The lowest BCUT2D eigenvalue weighted by atomic mass is 9.74. The van der Waals surface area contributed by atoms with Crippen molar-refractivity contribution < 1.29 is 18.7 Å². The number of hydrogen-bond donors (Lipinski definition) is 2. The van der Waals surface area contributed by atoms with Crippen LogP contribution in [0.25, 0.3) is 5.57 Å². The number of allylic oxidation sites excluding steroid dienone is 2. The van der Waals surface area contributed by atoms with Crippen LogP contribution in [-0.2, 0) is 0 Å². The molecule has 0 bridgehead atoms. The number of rotatable bonds is 4. The molecule has 0 aromatic heterocycles. The van der Waals surface area contributed by atoms with E-state index in [0.717, 1.165) is 50.4 Å². The zero-order chi connectivity index (χ0) is 24.4. The van der Waals surface area contributed by atoms with Crippen LogP contribution >= 0.6 is 0 Å². The maximum absolute atomic E-state index is 14.1. The number of carbonyl (C=O) groups excluding carboxylic acids is 1. The number of aliphatic hydroxyl groups excluding tert-OH is 1. The fraction of sp³-hybridized carbons (Fsp3) is 0.464. The Bertz CT molecular complexity index is 1090. The highest BCUT2D eigenvalue weighted by atomic mass is 19.1. The van der Waals surface area contributed by atoms with Gasteiger partial charge in [-0.2, -0.15) is 0 Å². The molecule has 3 aliphatic rings. The van der Waals surface area contributed by atoms with Gasteiger partial charge in [0.15, 0.2) is 0 Å². The van der Waals surface area contributed by atoms with Gasteiger partial charge in [-0.25, -0.2) is 13.6 Å². The monoisotopic (exact) mass is 481 g/mol. The molecule has 2 N–H and O–H groups in total. The van der Waals surface area contributed by atoms with Gasteiger partial charge in [-0.15, -0.1) is 0 Å². The molecule has 2 heterocycles. The van der Waals surface area contributed by atoms with Crippen molar-refractivity contribution in [1.82, 2.24) is 9.80 Å². The molecule has 2 aliphatic heterocycles. The van der Waals surface area contributed by atoms with E-state index in [1.54, 1.807) is 4.90 Å². The lowest BCUT2D eigenvalue weighted by molar-refractivity contribution is -0.0585. The van der Waals surface area contributed by atoms with E-state index < -0.39 is 17.7 Å². The topological polar surface area (TPSA) is 55.8 Å². The number of benzene rings is 2. The third-order valence-corrected chi connectivity index (χ3v) is 7.78. The van der Waals surface area contributed by atoms with E-state index in [-0.39, 0.29) is 30.3 Å². The first-order valence-corrected chi connectivity index (χ1v) is 12.7. The smallest absolute Gasteiger partial charge is 0.321 e. The third-order valence-electron chi connectivity index (χ3n) is 7.78. The van der Waals surface area contributed by atoms with Gasteiger partial charge in [-0.1, -0.05) is 30.3 Å². The van der Waals surface area contributed by atoms with Gasteiger partial charge in [0.25, 0.3) is 0 Å². The number of urea groups is 1. The molecule has 1 aliphatic carbocycles. The van der Waals surface area contributed by atoms with Crippen molar-refractivity contribution in [2.75, 3.05) is 31.6 Å². The lowest BCUT2D eigenvalue weighted by Crippen LogP contribution is -2.68. The molecule has 2 saturated heterocycles. The van der Waals surface area contributed by atoms with Crippen LogP contribution in [0.3, 0.4) is 0 Å². The summed E-state index contributed by atoms with van der Waals surface area (Å²) in [4.78, 5) is 17.0. The summed E-state index contributed by atoms with van der Waals surface area (Å²) in [6.45, 7) is 1.97. The maximum atomic E-state index is 14.1. The first-order valence-electron chi connectivity index (χ1n) is 12.7. The van der Waals surface area contributed by atoms with Crippen LogP contribution in [0.2, 0.25) is 0 Å². The quantitative estimate of drug-likeness (QED) is 0.617.